The van der Waals surface area contributed by atoms with Crippen LogP contribution in [0.3, 0.4) is 0 Å². The number of carbonyl (C=O) groups excluding carboxylic acids is 1. The van der Waals surface area contributed by atoms with E-state index in [0.29, 0.717) is 36.8 Å². The fourth-order valence-corrected chi connectivity index (χ4v) is 2.71. The van der Waals surface area contributed by atoms with Gasteiger partial charge in [-0.15, -0.1) is 0 Å². The number of aromatic nitrogens is 2. The summed E-state index contributed by atoms with van der Waals surface area (Å²) in [7, 11) is 0. The van der Waals surface area contributed by atoms with Crippen LogP contribution in [-0.2, 0) is 17.6 Å². The monoisotopic (exact) mass is 270 g/mol. The molecule has 1 atom stereocenters. The molecule has 0 saturated heterocycles. The average Bonchev–Trinajstić information content (AvgIpc) is 2.90. The number of carbonyl (C=O) groups is 1. The highest BCUT2D eigenvalue weighted by Gasteiger charge is 2.24. The van der Waals surface area contributed by atoms with E-state index in [-0.39, 0.29) is 5.92 Å². The summed E-state index contributed by atoms with van der Waals surface area (Å²) >= 11 is 0. The lowest BCUT2D eigenvalue weighted by molar-refractivity contribution is -0.124. The van der Waals surface area contributed by atoms with E-state index < -0.39 is 0 Å². The Balaban J connectivity index is 1.63. The third kappa shape index (κ3) is 3.13. The molecule has 0 aliphatic heterocycles. The van der Waals surface area contributed by atoms with Crippen LogP contribution in [0, 0.1) is 5.92 Å². The second-order valence-corrected chi connectivity index (χ2v) is 5.38. The molecule has 2 aromatic rings. The Morgan fingerprint density at radius 1 is 1.20 bits per heavy atom. The molecule has 1 aliphatic rings. The lowest BCUT2D eigenvalue weighted by atomic mass is 9.86. The zero-order valence-electron chi connectivity index (χ0n) is 11.4. The van der Waals surface area contributed by atoms with Gasteiger partial charge in [-0.1, -0.05) is 41.9 Å². The second kappa shape index (κ2) is 5.99. The first-order chi connectivity index (χ1) is 9.81. The number of hydrogen-bond donors (Lipinski definition) is 0. The molecule has 1 aliphatic carbocycles. The Bertz CT molecular complexity index is 577. The van der Waals surface area contributed by atoms with E-state index in [1.165, 1.54) is 0 Å². The molecule has 0 radical (unpaired) electrons. The Labute approximate surface area is 118 Å². The molecule has 1 aromatic heterocycles. The third-order valence-electron chi connectivity index (χ3n) is 3.82. The van der Waals surface area contributed by atoms with Crippen LogP contribution in [0.4, 0.5) is 0 Å². The van der Waals surface area contributed by atoms with Crippen LogP contribution in [0.15, 0.2) is 34.9 Å². The molecular weight excluding hydrogens is 252 g/mol. The minimum absolute atomic E-state index is 0.0776. The molecular formula is C16H18N2O2. The van der Waals surface area contributed by atoms with Gasteiger partial charge in [-0.2, -0.15) is 4.98 Å². The van der Waals surface area contributed by atoms with Gasteiger partial charge in [-0.3, -0.25) is 4.79 Å². The molecule has 104 valence electrons. The van der Waals surface area contributed by atoms with Crippen LogP contribution in [-0.4, -0.2) is 15.9 Å². The summed E-state index contributed by atoms with van der Waals surface area (Å²) in [5.74, 6) is 1.71. The Morgan fingerprint density at radius 3 is 2.85 bits per heavy atom. The summed E-state index contributed by atoms with van der Waals surface area (Å²) in [6, 6.07) is 10.1. The Hall–Kier alpha value is -1.97. The van der Waals surface area contributed by atoms with Crippen LogP contribution in [0.5, 0.6) is 0 Å². The van der Waals surface area contributed by atoms with Gasteiger partial charge in [0.05, 0.1) is 0 Å². The number of nitrogens with zero attached hydrogens (tertiary/aromatic N) is 2. The lowest BCUT2D eigenvalue weighted by Gasteiger charge is -2.18. The fraction of sp³-hybridized carbons (Fsp3) is 0.438. The van der Waals surface area contributed by atoms with E-state index in [2.05, 4.69) is 10.1 Å². The topological polar surface area (TPSA) is 56.0 Å². The molecule has 0 amide bonds. The lowest BCUT2D eigenvalue weighted by Crippen LogP contribution is -2.21. The van der Waals surface area contributed by atoms with Crippen molar-refractivity contribution in [1.82, 2.24) is 10.1 Å². The maximum atomic E-state index is 11.8. The highest BCUT2D eigenvalue weighted by molar-refractivity contribution is 5.81. The van der Waals surface area contributed by atoms with E-state index in [1.807, 2.05) is 30.3 Å². The quantitative estimate of drug-likeness (QED) is 0.857. The van der Waals surface area contributed by atoms with E-state index in [4.69, 9.17) is 4.52 Å². The largest absolute Gasteiger partial charge is 0.339 e. The Kier molecular flexibility index (Phi) is 3.90. The minimum Gasteiger partial charge on any atom is -0.339 e. The van der Waals surface area contributed by atoms with Crippen LogP contribution in [0.2, 0.25) is 0 Å². The van der Waals surface area contributed by atoms with E-state index >= 15 is 0 Å². The first kappa shape index (κ1) is 13.0. The number of rotatable bonds is 4. The fourth-order valence-electron chi connectivity index (χ4n) is 2.71. The van der Waals surface area contributed by atoms with Gasteiger partial charge in [0.15, 0.2) is 5.82 Å². The van der Waals surface area contributed by atoms with Gasteiger partial charge in [0.2, 0.25) is 5.89 Å². The Morgan fingerprint density at radius 2 is 2.05 bits per heavy atom. The van der Waals surface area contributed by atoms with Crippen LogP contribution in [0.25, 0.3) is 0 Å². The summed E-state index contributed by atoms with van der Waals surface area (Å²) in [6.07, 6.45) is 5.08. The minimum atomic E-state index is 0.0776. The average molecular weight is 270 g/mol. The normalized spacial score (nSPS) is 19.2. The molecule has 4 nitrogen and oxygen atoms in total. The van der Waals surface area contributed by atoms with Crippen molar-refractivity contribution in [3.63, 3.8) is 0 Å². The summed E-state index contributed by atoms with van der Waals surface area (Å²) in [5.41, 5.74) is 1.16. The summed E-state index contributed by atoms with van der Waals surface area (Å²) in [4.78, 5) is 16.2. The maximum absolute atomic E-state index is 11.8. The van der Waals surface area contributed by atoms with Gasteiger partial charge in [0.1, 0.15) is 5.78 Å². The molecule has 1 heterocycles. The predicted octanol–water partition coefficient (Wildman–Crippen LogP) is 2.96. The second-order valence-electron chi connectivity index (χ2n) is 5.38. The smallest absolute Gasteiger partial charge is 0.227 e. The van der Waals surface area contributed by atoms with Crippen molar-refractivity contribution >= 4 is 5.78 Å². The van der Waals surface area contributed by atoms with Crippen molar-refractivity contribution in [2.45, 2.75) is 38.5 Å². The highest BCUT2D eigenvalue weighted by atomic mass is 16.5. The first-order valence-corrected chi connectivity index (χ1v) is 7.19. The van der Waals surface area contributed by atoms with E-state index in [9.17, 15) is 4.79 Å². The molecule has 4 heteroatoms. The van der Waals surface area contributed by atoms with Crippen LogP contribution < -0.4 is 0 Å². The van der Waals surface area contributed by atoms with Gasteiger partial charge in [0.25, 0.3) is 0 Å². The maximum Gasteiger partial charge on any atom is 0.227 e. The SMILES string of the molecule is O=C1CCCCC1Cc1nc(Cc2ccccc2)no1. The standard InChI is InChI=1S/C16H18N2O2/c19-14-9-5-4-8-13(14)11-16-17-15(18-20-16)10-12-6-2-1-3-7-12/h1-3,6-7,13H,4-5,8-11H2. The summed E-state index contributed by atoms with van der Waals surface area (Å²) in [6.45, 7) is 0. The molecule has 1 unspecified atom stereocenters. The van der Waals surface area contributed by atoms with Gasteiger partial charge in [-0.05, 0) is 18.4 Å². The highest BCUT2D eigenvalue weighted by Crippen LogP contribution is 2.23. The molecule has 0 N–H and O–H groups in total. The van der Waals surface area contributed by atoms with Crippen molar-refractivity contribution in [3.05, 3.63) is 47.6 Å². The number of Topliss-reactive ketones (excluding diaryl/α,β-unsaturated/α-hetero) is 1. The molecule has 3 rings (SSSR count). The zero-order valence-corrected chi connectivity index (χ0v) is 11.4. The van der Waals surface area contributed by atoms with Crippen LogP contribution >= 0.6 is 0 Å². The van der Waals surface area contributed by atoms with Gasteiger partial charge in [0, 0.05) is 25.2 Å². The summed E-state index contributed by atoms with van der Waals surface area (Å²) in [5, 5.41) is 4.00. The number of benzene rings is 1. The van der Waals surface area contributed by atoms with Crippen molar-refractivity contribution in [2.24, 2.45) is 5.92 Å². The zero-order chi connectivity index (χ0) is 13.8. The molecule has 0 bridgehead atoms. The third-order valence-corrected chi connectivity index (χ3v) is 3.82. The molecule has 0 spiro atoms. The van der Waals surface area contributed by atoms with Crippen molar-refractivity contribution in [3.8, 4) is 0 Å². The van der Waals surface area contributed by atoms with Crippen LogP contribution in [0.1, 0.15) is 43.0 Å². The molecule has 1 saturated carbocycles. The molecule has 1 fully saturated rings. The van der Waals surface area contributed by atoms with Gasteiger partial charge < -0.3 is 4.52 Å². The number of hydrogen-bond acceptors (Lipinski definition) is 4. The van der Waals surface area contributed by atoms with Gasteiger partial charge in [-0.25, -0.2) is 0 Å². The molecule has 1 aromatic carbocycles. The van der Waals surface area contributed by atoms with Crippen molar-refractivity contribution < 1.29 is 9.32 Å². The number of ketones is 1. The predicted molar refractivity (Wildman–Crippen MR) is 74.2 cm³/mol. The first-order valence-electron chi connectivity index (χ1n) is 7.19. The van der Waals surface area contributed by atoms with Crippen molar-refractivity contribution in [2.75, 3.05) is 0 Å². The van der Waals surface area contributed by atoms with E-state index in [1.54, 1.807) is 0 Å². The molecule has 20 heavy (non-hydrogen) atoms. The van der Waals surface area contributed by atoms with Gasteiger partial charge >= 0.3 is 0 Å². The van der Waals surface area contributed by atoms with Crippen molar-refractivity contribution in [1.29, 1.82) is 0 Å². The van der Waals surface area contributed by atoms with E-state index in [0.717, 1.165) is 24.8 Å². The summed E-state index contributed by atoms with van der Waals surface area (Å²) < 4.78 is 5.27.